The fourth-order valence-corrected chi connectivity index (χ4v) is 2.67. The Hall–Kier alpha value is -1.56. The van der Waals surface area contributed by atoms with Crippen LogP contribution in [0.4, 0.5) is 5.95 Å². The van der Waals surface area contributed by atoms with E-state index in [2.05, 4.69) is 25.9 Å². The molecule has 18 heavy (non-hydrogen) atoms. The van der Waals surface area contributed by atoms with Gasteiger partial charge in [-0.1, -0.05) is 15.9 Å². The molecule has 1 saturated heterocycles. The van der Waals surface area contributed by atoms with Gasteiger partial charge in [0.15, 0.2) is 0 Å². The van der Waals surface area contributed by atoms with E-state index in [1.165, 1.54) is 0 Å². The molecule has 0 saturated carbocycles. The number of anilines is 1. The minimum atomic E-state index is 0.0860. The highest BCUT2D eigenvalue weighted by Crippen LogP contribution is 2.26. The van der Waals surface area contributed by atoms with E-state index in [0.717, 1.165) is 16.8 Å². The Morgan fingerprint density at radius 1 is 1.56 bits per heavy atom. The predicted molar refractivity (Wildman–Crippen MR) is 72.3 cm³/mol. The Bertz CT molecular complexity index is 610. The lowest BCUT2D eigenvalue weighted by Gasteiger charge is -2.10. The average Bonchev–Trinajstić information content (AvgIpc) is 2.90. The molecule has 1 fully saturated rings. The third kappa shape index (κ3) is 1.86. The van der Waals surface area contributed by atoms with E-state index in [-0.39, 0.29) is 10.7 Å². The van der Waals surface area contributed by atoms with Crippen molar-refractivity contribution in [3.8, 4) is 5.75 Å². The van der Waals surface area contributed by atoms with Gasteiger partial charge in [0.05, 0.1) is 18.1 Å². The van der Waals surface area contributed by atoms with Gasteiger partial charge < -0.3 is 9.72 Å². The van der Waals surface area contributed by atoms with Crippen molar-refractivity contribution >= 4 is 38.8 Å². The highest BCUT2D eigenvalue weighted by atomic mass is 79.9. The summed E-state index contributed by atoms with van der Waals surface area (Å²) in [6, 6.07) is 5.60. The number of nitrogens with zero attached hydrogens (tertiary/aromatic N) is 2. The molecule has 0 bridgehead atoms. The first-order valence-electron chi connectivity index (χ1n) is 5.65. The number of nitrogens with one attached hydrogen (secondary N) is 1. The van der Waals surface area contributed by atoms with Crippen molar-refractivity contribution in [2.75, 3.05) is 18.6 Å². The molecule has 94 valence electrons. The third-order valence-corrected chi connectivity index (χ3v) is 3.62. The number of rotatable bonds is 2. The lowest BCUT2D eigenvalue weighted by Crippen LogP contribution is -2.25. The maximum absolute atomic E-state index is 11.8. The molecule has 1 amide bonds. The Balaban J connectivity index is 2.00. The zero-order chi connectivity index (χ0) is 12.7. The van der Waals surface area contributed by atoms with Crippen LogP contribution in [0.2, 0.25) is 0 Å². The summed E-state index contributed by atoms with van der Waals surface area (Å²) in [7, 11) is 1.62. The lowest BCUT2D eigenvalue weighted by molar-refractivity contribution is -0.117. The van der Waals surface area contributed by atoms with Crippen LogP contribution in [0, 0.1) is 0 Å². The van der Waals surface area contributed by atoms with Gasteiger partial charge in [0.2, 0.25) is 11.9 Å². The van der Waals surface area contributed by atoms with Crippen LogP contribution in [0.3, 0.4) is 0 Å². The fourth-order valence-electron chi connectivity index (χ4n) is 2.10. The summed E-state index contributed by atoms with van der Waals surface area (Å²) in [4.78, 5) is 21.3. The van der Waals surface area contributed by atoms with E-state index in [1.807, 2.05) is 18.2 Å². The van der Waals surface area contributed by atoms with Crippen LogP contribution in [0.5, 0.6) is 5.75 Å². The molecule has 1 atom stereocenters. The molecule has 6 heteroatoms. The second kappa shape index (κ2) is 4.28. The number of halogens is 1. The zero-order valence-corrected chi connectivity index (χ0v) is 11.4. The molecule has 2 heterocycles. The van der Waals surface area contributed by atoms with Gasteiger partial charge in [-0.15, -0.1) is 0 Å². The summed E-state index contributed by atoms with van der Waals surface area (Å²) in [6.45, 7) is 0.649. The molecule has 1 aromatic carbocycles. The number of benzene rings is 1. The number of aromatic nitrogens is 2. The molecule has 1 N–H and O–H groups in total. The first-order valence-corrected chi connectivity index (χ1v) is 6.57. The number of carbonyl (C=O) groups excluding carboxylic acids is 1. The van der Waals surface area contributed by atoms with Crippen molar-refractivity contribution in [3.63, 3.8) is 0 Å². The molecule has 1 aromatic heterocycles. The number of imidazole rings is 1. The van der Waals surface area contributed by atoms with Crippen LogP contribution in [-0.4, -0.2) is 34.4 Å². The molecule has 0 aliphatic carbocycles. The number of hydrogen-bond acceptors (Lipinski definition) is 3. The summed E-state index contributed by atoms with van der Waals surface area (Å²) >= 11 is 3.46. The highest BCUT2D eigenvalue weighted by molar-refractivity contribution is 9.09. The third-order valence-electron chi connectivity index (χ3n) is 3.01. The number of aromatic amines is 1. The predicted octanol–water partition coefficient (Wildman–Crippen LogP) is 2.07. The van der Waals surface area contributed by atoms with E-state index < -0.39 is 0 Å². The standard InChI is InChI=1S/C12H12BrN3O2/c1-18-8-2-3-9-10(5-8)15-12(14-9)16-6-7(13)4-11(16)17/h2-3,5,7H,4,6H2,1H3,(H,14,15). The van der Waals surface area contributed by atoms with E-state index in [9.17, 15) is 4.79 Å². The van der Waals surface area contributed by atoms with E-state index in [1.54, 1.807) is 12.0 Å². The number of alkyl halides is 1. The molecule has 0 radical (unpaired) electrons. The van der Waals surface area contributed by atoms with Crippen molar-refractivity contribution in [2.24, 2.45) is 0 Å². The molecule has 5 nitrogen and oxygen atoms in total. The van der Waals surface area contributed by atoms with Crippen LogP contribution in [0.25, 0.3) is 11.0 Å². The number of carbonyl (C=O) groups is 1. The van der Waals surface area contributed by atoms with Crippen molar-refractivity contribution in [2.45, 2.75) is 11.2 Å². The van der Waals surface area contributed by atoms with E-state index >= 15 is 0 Å². The first-order chi connectivity index (χ1) is 8.67. The number of H-pyrrole nitrogens is 1. The van der Waals surface area contributed by atoms with Crippen molar-refractivity contribution in [1.29, 1.82) is 0 Å². The van der Waals surface area contributed by atoms with Gasteiger partial charge in [-0.05, 0) is 12.1 Å². The normalized spacial score (nSPS) is 19.8. The summed E-state index contributed by atoms with van der Waals surface area (Å²) in [5.41, 5.74) is 1.70. The number of fused-ring (bicyclic) bond motifs is 1. The number of methoxy groups -OCH3 is 1. The van der Waals surface area contributed by atoms with Crippen LogP contribution < -0.4 is 9.64 Å². The summed E-state index contributed by atoms with van der Waals surface area (Å²) in [5, 5.41) is 0. The van der Waals surface area contributed by atoms with Gasteiger partial charge in [-0.3, -0.25) is 9.69 Å². The van der Waals surface area contributed by atoms with Crippen LogP contribution >= 0.6 is 15.9 Å². The molecule has 3 rings (SSSR count). The Morgan fingerprint density at radius 2 is 2.39 bits per heavy atom. The van der Waals surface area contributed by atoms with Gasteiger partial charge in [-0.2, -0.15) is 0 Å². The average molecular weight is 310 g/mol. The smallest absolute Gasteiger partial charge is 0.230 e. The number of ether oxygens (including phenoxy) is 1. The van der Waals surface area contributed by atoms with E-state index in [4.69, 9.17) is 4.74 Å². The molecule has 1 unspecified atom stereocenters. The Morgan fingerprint density at radius 3 is 3.06 bits per heavy atom. The van der Waals surface area contributed by atoms with E-state index in [0.29, 0.717) is 18.9 Å². The maximum Gasteiger partial charge on any atom is 0.230 e. The second-order valence-electron chi connectivity index (χ2n) is 4.25. The molecule has 1 aliphatic heterocycles. The van der Waals surface area contributed by atoms with Crippen molar-refractivity contribution in [1.82, 2.24) is 9.97 Å². The van der Waals surface area contributed by atoms with Crippen molar-refractivity contribution < 1.29 is 9.53 Å². The Labute approximate surface area is 112 Å². The van der Waals surface area contributed by atoms with Crippen LogP contribution in [0.1, 0.15) is 6.42 Å². The topological polar surface area (TPSA) is 58.2 Å². The zero-order valence-electron chi connectivity index (χ0n) is 9.81. The fraction of sp³-hybridized carbons (Fsp3) is 0.333. The highest BCUT2D eigenvalue weighted by Gasteiger charge is 2.30. The van der Waals surface area contributed by atoms with Gasteiger partial charge in [0, 0.05) is 23.9 Å². The SMILES string of the molecule is COc1ccc2nc(N3CC(Br)CC3=O)[nH]c2c1. The van der Waals surface area contributed by atoms with Gasteiger partial charge in [0.1, 0.15) is 5.75 Å². The lowest BCUT2D eigenvalue weighted by atomic mass is 10.3. The number of hydrogen-bond donors (Lipinski definition) is 1. The molecular weight excluding hydrogens is 298 g/mol. The minimum absolute atomic E-state index is 0.0860. The van der Waals surface area contributed by atoms with Crippen LogP contribution in [-0.2, 0) is 4.79 Å². The van der Waals surface area contributed by atoms with Gasteiger partial charge >= 0.3 is 0 Å². The monoisotopic (exact) mass is 309 g/mol. The summed E-state index contributed by atoms with van der Waals surface area (Å²) in [5.74, 6) is 1.46. The second-order valence-corrected chi connectivity index (χ2v) is 5.54. The molecule has 2 aromatic rings. The molecule has 1 aliphatic rings. The minimum Gasteiger partial charge on any atom is -0.497 e. The summed E-state index contributed by atoms with van der Waals surface area (Å²) in [6.07, 6.45) is 0.514. The number of amides is 1. The largest absolute Gasteiger partial charge is 0.497 e. The molecular formula is C12H12BrN3O2. The maximum atomic E-state index is 11.8. The van der Waals surface area contributed by atoms with Gasteiger partial charge in [0.25, 0.3) is 0 Å². The quantitative estimate of drug-likeness (QED) is 0.864. The van der Waals surface area contributed by atoms with Crippen LogP contribution in [0.15, 0.2) is 18.2 Å². The summed E-state index contributed by atoms with van der Waals surface area (Å²) < 4.78 is 5.16. The Kier molecular flexibility index (Phi) is 2.74. The molecule has 0 spiro atoms. The van der Waals surface area contributed by atoms with Crippen molar-refractivity contribution in [3.05, 3.63) is 18.2 Å². The van der Waals surface area contributed by atoms with Gasteiger partial charge in [-0.25, -0.2) is 4.98 Å². The first kappa shape index (κ1) is 11.5.